The van der Waals surface area contributed by atoms with Crippen LogP contribution >= 0.6 is 0 Å². The molecule has 1 amide bonds. The van der Waals surface area contributed by atoms with E-state index in [0.717, 1.165) is 11.1 Å². The molecular weight excluding hydrogens is 274 g/mol. The number of carbonyl (C=O) groups excluding carboxylic acids is 1. The summed E-state index contributed by atoms with van der Waals surface area (Å²) in [5.74, 6) is -0.579. The summed E-state index contributed by atoms with van der Waals surface area (Å²) in [6, 6.07) is 5.77. The number of ether oxygens (including phenoxy) is 2. The Kier molecular flexibility index (Phi) is 4.80. The largest absolute Gasteiger partial charge is 0.483 e. The van der Waals surface area contributed by atoms with E-state index in [0.29, 0.717) is 12.3 Å². The summed E-state index contributed by atoms with van der Waals surface area (Å²) in [5.41, 5.74) is 1.93. The highest BCUT2D eigenvalue weighted by Crippen LogP contribution is 2.22. The Morgan fingerprint density at radius 3 is 2.67 bits per heavy atom. The second-order valence-electron chi connectivity index (χ2n) is 5.05. The van der Waals surface area contributed by atoms with E-state index in [-0.39, 0.29) is 25.7 Å². The number of hydrogen-bond acceptors (Lipinski definition) is 4. The summed E-state index contributed by atoms with van der Waals surface area (Å²) in [6.45, 7) is 4.41. The molecule has 0 spiro atoms. The Bertz CT molecular complexity index is 523. The predicted octanol–water partition coefficient (Wildman–Crippen LogP) is 0.994. The van der Waals surface area contributed by atoms with E-state index < -0.39 is 12.1 Å². The molecule has 0 aliphatic carbocycles. The average Bonchev–Trinajstić information content (AvgIpc) is 2.46. The first-order valence-corrected chi connectivity index (χ1v) is 6.80. The number of carbonyl (C=O) groups is 2. The fourth-order valence-electron chi connectivity index (χ4n) is 2.28. The molecule has 1 aromatic rings. The standard InChI is InChI=1S/C15H19NO5/c1-10-4-3-5-11(2)14(10)21-9-13(17)16-6-7-20-12(8-16)15(18)19/h3-5,12H,6-9H2,1-2H3,(H,18,19)/t12-/m0/s1. The van der Waals surface area contributed by atoms with Gasteiger partial charge >= 0.3 is 5.97 Å². The second kappa shape index (κ2) is 6.58. The van der Waals surface area contributed by atoms with E-state index in [1.54, 1.807) is 0 Å². The van der Waals surface area contributed by atoms with Crippen molar-refractivity contribution in [3.63, 3.8) is 0 Å². The molecule has 1 saturated heterocycles. The minimum absolute atomic E-state index is 0.0598. The van der Waals surface area contributed by atoms with Crippen LogP contribution in [-0.4, -0.2) is 54.3 Å². The number of rotatable bonds is 4. The minimum atomic E-state index is -1.05. The Balaban J connectivity index is 1.94. The number of carboxylic acid groups (broad SMARTS) is 1. The van der Waals surface area contributed by atoms with E-state index in [1.165, 1.54) is 4.90 Å². The molecule has 1 aromatic carbocycles. The number of hydrogen-bond donors (Lipinski definition) is 1. The topological polar surface area (TPSA) is 76.1 Å². The number of amides is 1. The average molecular weight is 293 g/mol. The molecule has 114 valence electrons. The van der Waals surface area contributed by atoms with Crippen LogP contribution in [0, 0.1) is 13.8 Å². The lowest BCUT2D eigenvalue weighted by Crippen LogP contribution is -2.49. The van der Waals surface area contributed by atoms with Crippen LogP contribution in [0.4, 0.5) is 0 Å². The predicted molar refractivity (Wildman–Crippen MR) is 75.4 cm³/mol. The zero-order valence-electron chi connectivity index (χ0n) is 12.2. The molecule has 0 aromatic heterocycles. The van der Waals surface area contributed by atoms with Gasteiger partial charge in [0.1, 0.15) is 5.75 Å². The van der Waals surface area contributed by atoms with Gasteiger partial charge in [-0.2, -0.15) is 0 Å². The van der Waals surface area contributed by atoms with E-state index >= 15 is 0 Å². The number of nitrogens with zero attached hydrogens (tertiary/aromatic N) is 1. The number of benzene rings is 1. The van der Waals surface area contributed by atoms with Gasteiger partial charge in [-0.1, -0.05) is 18.2 Å². The SMILES string of the molecule is Cc1cccc(C)c1OCC(=O)N1CCO[C@H](C(=O)O)C1. The third kappa shape index (κ3) is 3.72. The molecule has 0 unspecified atom stereocenters. The maximum Gasteiger partial charge on any atom is 0.334 e. The van der Waals surface area contributed by atoms with Gasteiger partial charge in [0.15, 0.2) is 12.7 Å². The van der Waals surface area contributed by atoms with E-state index in [4.69, 9.17) is 14.6 Å². The van der Waals surface area contributed by atoms with Gasteiger partial charge < -0.3 is 19.5 Å². The van der Waals surface area contributed by atoms with Gasteiger partial charge in [-0.05, 0) is 25.0 Å². The molecule has 0 radical (unpaired) electrons. The van der Waals surface area contributed by atoms with Crippen LogP contribution in [-0.2, 0) is 14.3 Å². The van der Waals surface area contributed by atoms with Gasteiger partial charge in [-0.3, -0.25) is 4.79 Å². The summed E-state index contributed by atoms with van der Waals surface area (Å²) in [6.07, 6.45) is -0.956. The van der Waals surface area contributed by atoms with Crippen LogP contribution in [0.1, 0.15) is 11.1 Å². The number of morpholine rings is 1. The van der Waals surface area contributed by atoms with Crippen molar-refractivity contribution >= 4 is 11.9 Å². The molecule has 1 aliphatic heterocycles. The molecular formula is C15H19NO5. The van der Waals surface area contributed by atoms with E-state index in [1.807, 2.05) is 32.0 Å². The number of aryl methyl sites for hydroxylation is 2. The second-order valence-corrected chi connectivity index (χ2v) is 5.05. The van der Waals surface area contributed by atoms with Crippen molar-refractivity contribution in [3.05, 3.63) is 29.3 Å². The Morgan fingerprint density at radius 2 is 2.05 bits per heavy atom. The van der Waals surface area contributed by atoms with Crippen LogP contribution in [0.5, 0.6) is 5.75 Å². The molecule has 6 heteroatoms. The lowest BCUT2D eigenvalue weighted by Gasteiger charge is -2.30. The molecule has 1 aliphatic rings. The first-order valence-electron chi connectivity index (χ1n) is 6.80. The van der Waals surface area contributed by atoms with Gasteiger partial charge in [-0.15, -0.1) is 0 Å². The zero-order chi connectivity index (χ0) is 15.4. The lowest BCUT2D eigenvalue weighted by atomic mass is 10.1. The fourth-order valence-corrected chi connectivity index (χ4v) is 2.28. The maximum absolute atomic E-state index is 12.1. The number of para-hydroxylation sites is 1. The van der Waals surface area contributed by atoms with Crippen molar-refractivity contribution < 1.29 is 24.2 Å². The normalized spacial score (nSPS) is 18.4. The van der Waals surface area contributed by atoms with Crippen molar-refractivity contribution in [2.75, 3.05) is 26.3 Å². The number of aliphatic carboxylic acids is 1. The summed E-state index contributed by atoms with van der Waals surface area (Å²) in [7, 11) is 0. The molecule has 0 bridgehead atoms. The maximum atomic E-state index is 12.1. The summed E-state index contributed by atoms with van der Waals surface area (Å²) in [4.78, 5) is 24.5. The fraction of sp³-hybridized carbons (Fsp3) is 0.467. The van der Waals surface area contributed by atoms with Crippen LogP contribution in [0.15, 0.2) is 18.2 Å². The highest BCUT2D eigenvalue weighted by atomic mass is 16.5. The first kappa shape index (κ1) is 15.3. The molecule has 2 rings (SSSR count). The smallest absolute Gasteiger partial charge is 0.334 e. The Morgan fingerprint density at radius 1 is 1.38 bits per heavy atom. The van der Waals surface area contributed by atoms with Gasteiger partial charge in [0.2, 0.25) is 0 Å². The van der Waals surface area contributed by atoms with Gasteiger partial charge in [0.25, 0.3) is 5.91 Å². The highest BCUT2D eigenvalue weighted by Gasteiger charge is 2.29. The van der Waals surface area contributed by atoms with Gasteiger partial charge in [0.05, 0.1) is 13.2 Å². The van der Waals surface area contributed by atoms with Crippen molar-refractivity contribution in [1.82, 2.24) is 4.90 Å². The number of carboxylic acids is 1. The summed E-state index contributed by atoms with van der Waals surface area (Å²) in [5, 5.41) is 8.92. The molecule has 1 N–H and O–H groups in total. The molecule has 1 heterocycles. The Labute approximate surface area is 123 Å². The van der Waals surface area contributed by atoms with Crippen LogP contribution in [0.3, 0.4) is 0 Å². The monoisotopic (exact) mass is 293 g/mol. The molecule has 6 nitrogen and oxygen atoms in total. The van der Waals surface area contributed by atoms with Crippen molar-refractivity contribution in [2.24, 2.45) is 0 Å². The van der Waals surface area contributed by atoms with Crippen molar-refractivity contribution in [2.45, 2.75) is 20.0 Å². The Hall–Kier alpha value is -2.08. The minimum Gasteiger partial charge on any atom is -0.483 e. The summed E-state index contributed by atoms with van der Waals surface area (Å²) < 4.78 is 10.7. The van der Waals surface area contributed by atoms with Crippen LogP contribution in [0.25, 0.3) is 0 Å². The molecule has 21 heavy (non-hydrogen) atoms. The molecule has 1 atom stereocenters. The third-order valence-electron chi connectivity index (χ3n) is 3.44. The zero-order valence-corrected chi connectivity index (χ0v) is 12.2. The first-order chi connectivity index (χ1) is 9.99. The molecule has 1 fully saturated rings. The van der Waals surface area contributed by atoms with E-state index in [9.17, 15) is 9.59 Å². The summed E-state index contributed by atoms with van der Waals surface area (Å²) >= 11 is 0. The van der Waals surface area contributed by atoms with Crippen molar-refractivity contribution in [3.8, 4) is 5.75 Å². The lowest BCUT2D eigenvalue weighted by molar-refractivity contribution is -0.159. The molecule has 0 saturated carbocycles. The van der Waals surface area contributed by atoms with E-state index in [2.05, 4.69) is 0 Å². The van der Waals surface area contributed by atoms with Gasteiger partial charge in [0, 0.05) is 6.54 Å². The van der Waals surface area contributed by atoms with Gasteiger partial charge in [-0.25, -0.2) is 4.79 Å². The third-order valence-corrected chi connectivity index (χ3v) is 3.44. The highest BCUT2D eigenvalue weighted by molar-refractivity contribution is 5.80. The van der Waals surface area contributed by atoms with Crippen molar-refractivity contribution in [1.29, 1.82) is 0 Å². The quantitative estimate of drug-likeness (QED) is 0.896. The van der Waals surface area contributed by atoms with Crippen LogP contribution < -0.4 is 4.74 Å². The van der Waals surface area contributed by atoms with Crippen LogP contribution in [0.2, 0.25) is 0 Å².